The van der Waals surface area contributed by atoms with E-state index in [-0.39, 0.29) is 23.8 Å². The van der Waals surface area contributed by atoms with Gasteiger partial charge in [-0.25, -0.2) is 4.79 Å². The maximum absolute atomic E-state index is 12.5. The highest BCUT2D eigenvalue weighted by molar-refractivity contribution is 5.95. The Kier molecular flexibility index (Phi) is 7.00. The van der Waals surface area contributed by atoms with Gasteiger partial charge in [0, 0.05) is 31.9 Å². The van der Waals surface area contributed by atoms with Crippen molar-refractivity contribution in [3.63, 3.8) is 0 Å². The SMILES string of the molecule is COc1ccc(N2CCN(C(=O)COC(=O)c3cccc(OC)c3OC)CC2)cc1. The normalized spacial score (nSPS) is 13.6. The zero-order valence-electron chi connectivity index (χ0n) is 17.4. The summed E-state index contributed by atoms with van der Waals surface area (Å²) in [4.78, 5) is 28.8. The zero-order chi connectivity index (χ0) is 21.5. The minimum absolute atomic E-state index is 0.217. The molecule has 160 valence electrons. The van der Waals surface area contributed by atoms with E-state index >= 15 is 0 Å². The van der Waals surface area contributed by atoms with Gasteiger partial charge in [-0.05, 0) is 36.4 Å². The smallest absolute Gasteiger partial charge is 0.342 e. The van der Waals surface area contributed by atoms with Crippen molar-refractivity contribution in [3.05, 3.63) is 48.0 Å². The molecular weight excluding hydrogens is 388 g/mol. The molecule has 30 heavy (non-hydrogen) atoms. The van der Waals surface area contributed by atoms with Gasteiger partial charge < -0.3 is 28.7 Å². The van der Waals surface area contributed by atoms with Crippen LogP contribution in [0.15, 0.2) is 42.5 Å². The lowest BCUT2D eigenvalue weighted by molar-refractivity contribution is -0.134. The number of nitrogens with zero attached hydrogens (tertiary/aromatic N) is 2. The van der Waals surface area contributed by atoms with E-state index in [1.54, 1.807) is 30.2 Å². The summed E-state index contributed by atoms with van der Waals surface area (Å²) in [6.45, 7) is 2.21. The summed E-state index contributed by atoms with van der Waals surface area (Å²) < 4.78 is 20.8. The van der Waals surface area contributed by atoms with Crippen LogP contribution in [-0.2, 0) is 9.53 Å². The Hall–Kier alpha value is -3.42. The molecule has 0 aliphatic carbocycles. The van der Waals surface area contributed by atoms with Crippen molar-refractivity contribution in [1.82, 2.24) is 4.90 Å². The van der Waals surface area contributed by atoms with E-state index in [4.69, 9.17) is 18.9 Å². The Morgan fingerprint density at radius 3 is 2.17 bits per heavy atom. The second kappa shape index (κ2) is 9.87. The van der Waals surface area contributed by atoms with Crippen LogP contribution in [0.1, 0.15) is 10.4 Å². The molecule has 0 bridgehead atoms. The first-order valence-corrected chi connectivity index (χ1v) is 9.62. The van der Waals surface area contributed by atoms with Crippen LogP contribution >= 0.6 is 0 Å². The molecule has 1 saturated heterocycles. The number of hydrogen-bond acceptors (Lipinski definition) is 7. The van der Waals surface area contributed by atoms with Crippen LogP contribution < -0.4 is 19.1 Å². The van der Waals surface area contributed by atoms with Gasteiger partial charge in [0.05, 0.1) is 21.3 Å². The summed E-state index contributed by atoms with van der Waals surface area (Å²) >= 11 is 0. The van der Waals surface area contributed by atoms with E-state index in [1.807, 2.05) is 24.3 Å². The van der Waals surface area contributed by atoms with Crippen molar-refractivity contribution in [3.8, 4) is 17.2 Å². The molecule has 0 aromatic heterocycles. The first kappa shape index (κ1) is 21.3. The summed E-state index contributed by atoms with van der Waals surface area (Å²) in [5, 5.41) is 0. The van der Waals surface area contributed by atoms with Gasteiger partial charge in [-0.2, -0.15) is 0 Å². The number of carbonyl (C=O) groups excluding carboxylic acids is 2. The van der Waals surface area contributed by atoms with Gasteiger partial charge in [-0.1, -0.05) is 6.07 Å². The first-order chi connectivity index (χ1) is 14.6. The van der Waals surface area contributed by atoms with Gasteiger partial charge in [-0.3, -0.25) is 4.79 Å². The second-order valence-electron chi connectivity index (χ2n) is 6.68. The number of rotatable bonds is 7. The average molecular weight is 414 g/mol. The molecule has 8 heteroatoms. The number of hydrogen-bond donors (Lipinski definition) is 0. The molecule has 1 amide bonds. The molecule has 0 saturated carbocycles. The maximum Gasteiger partial charge on any atom is 0.342 e. The van der Waals surface area contributed by atoms with Crippen molar-refractivity contribution < 1.29 is 28.5 Å². The minimum Gasteiger partial charge on any atom is -0.497 e. The van der Waals surface area contributed by atoms with E-state index in [2.05, 4.69) is 4.90 Å². The highest BCUT2D eigenvalue weighted by Crippen LogP contribution is 2.31. The first-order valence-electron chi connectivity index (χ1n) is 9.62. The Morgan fingerprint density at radius 2 is 1.57 bits per heavy atom. The number of piperazine rings is 1. The summed E-state index contributed by atoms with van der Waals surface area (Å²) in [6.07, 6.45) is 0. The maximum atomic E-state index is 12.5. The van der Waals surface area contributed by atoms with Gasteiger partial charge in [0.1, 0.15) is 11.3 Å². The third-order valence-electron chi connectivity index (χ3n) is 5.02. The molecule has 3 rings (SSSR count). The lowest BCUT2D eigenvalue weighted by Crippen LogP contribution is -2.49. The molecule has 2 aromatic rings. The Balaban J connectivity index is 1.52. The van der Waals surface area contributed by atoms with Crippen LogP contribution in [0, 0.1) is 0 Å². The fourth-order valence-electron chi connectivity index (χ4n) is 3.35. The van der Waals surface area contributed by atoms with Crippen molar-refractivity contribution in [2.75, 3.05) is 59.0 Å². The number of esters is 1. The summed E-state index contributed by atoms with van der Waals surface area (Å²) in [6, 6.07) is 12.8. The van der Waals surface area contributed by atoms with Crippen LogP contribution in [-0.4, -0.2) is 70.9 Å². The van der Waals surface area contributed by atoms with E-state index in [0.717, 1.165) is 11.4 Å². The molecule has 0 spiro atoms. The predicted octanol–water partition coefficient (Wildman–Crippen LogP) is 2.22. The zero-order valence-corrected chi connectivity index (χ0v) is 17.4. The summed E-state index contributed by atoms with van der Waals surface area (Å²) in [7, 11) is 4.57. The molecule has 1 aliphatic heterocycles. The van der Waals surface area contributed by atoms with Gasteiger partial charge in [0.15, 0.2) is 18.1 Å². The number of para-hydroxylation sites is 1. The number of carbonyl (C=O) groups is 2. The molecule has 1 heterocycles. The lowest BCUT2D eigenvalue weighted by Gasteiger charge is -2.36. The Bertz CT molecular complexity index is 876. The fraction of sp³-hybridized carbons (Fsp3) is 0.364. The molecule has 1 fully saturated rings. The molecule has 8 nitrogen and oxygen atoms in total. The number of benzene rings is 2. The molecular formula is C22H26N2O6. The van der Waals surface area contributed by atoms with Crippen LogP contribution in [0.25, 0.3) is 0 Å². The lowest BCUT2D eigenvalue weighted by atomic mass is 10.2. The molecule has 0 radical (unpaired) electrons. The monoisotopic (exact) mass is 414 g/mol. The quantitative estimate of drug-likeness (QED) is 0.643. The molecule has 0 unspecified atom stereocenters. The molecule has 0 atom stereocenters. The minimum atomic E-state index is -0.629. The van der Waals surface area contributed by atoms with E-state index in [0.29, 0.717) is 31.9 Å². The second-order valence-corrected chi connectivity index (χ2v) is 6.68. The van der Waals surface area contributed by atoms with Gasteiger partial charge >= 0.3 is 5.97 Å². The highest BCUT2D eigenvalue weighted by atomic mass is 16.5. The molecule has 2 aromatic carbocycles. The topological polar surface area (TPSA) is 77.5 Å². The van der Waals surface area contributed by atoms with Crippen LogP contribution in [0.5, 0.6) is 17.2 Å². The Morgan fingerprint density at radius 1 is 0.867 bits per heavy atom. The van der Waals surface area contributed by atoms with Crippen LogP contribution in [0.2, 0.25) is 0 Å². The third-order valence-corrected chi connectivity index (χ3v) is 5.02. The van der Waals surface area contributed by atoms with Gasteiger partial charge in [-0.15, -0.1) is 0 Å². The number of amides is 1. The van der Waals surface area contributed by atoms with Crippen molar-refractivity contribution >= 4 is 17.6 Å². The van der Waals surface area contributed by atoms with Crippen molar-refractivity contribution in [2.45, 2.75) is 0 Å². The summed E-state index contributed by atoms with van der Waals surface area (Å²) in [5.41, 5.74) is 1.30. The fourth-order valence-corrected chi connectivity index (χ4v) is 3.35. The average Bonchev–Trinajstić information content (AvgIpc) is 2.81. The number of ether oxygens (including phenoxy) is 4. The van der Waals surface area contributed by atoms with Gasteiger partial charge in [0.25, 0.3) is 5.91 Å². The van der Waals surface area contributed by atoms with E-state index < -0.39 is 5.97 Å². The number of anilines is 1. The largest absolute Gasteiger partial charge is 0.497 e. The highest BCUT2D eigenvalue weighted by Gasteiger charge is 2.24. The third kappa shape index (κ3) is 4.76. The van der Waals surface area contributed by atoms with Crippen LogP contribution in [0.3, 0.4) is 0 Å². The van der Waals surface area contributed by atoms with E-state index in [1.165, 1.54) is 14.2 Å². The number of methoxy groups -OCH3 is 3. The molecule has 0 N–H and O–H groups in total. The van der Waals surface area contributed by atoms with Crippen molar-refractivity contribution in [1.29, 1.82) is 0 Å². The van der Waals surface area contributed by atoms with Gasteiger partial charge in [0.2, 0.25) is 0 Å². The van der Waals surface area contributed by atoms with E-state index in [9.17, 15) is 9.59 Å². The predicted molar refractivity (Wildman–Crippen MR) is 112 cm³/mol. The standard InChI is InChI=1S/C22H26N2O6/c1-27-17-9-7-16(8-10-17)23-11-13-24(14-12-23)20(25)15-30-22(26)18-5-4-6-19(28-2)21(18)29-3/h4-10H,11-15H2,1-3H3. The van der Waals surface area contributed by atoms with Crippen molar-refractivity contribution in [2.24, 2.45) is 0 Å². The van der Waals surface area contributed by atoms with Crippen LogP contribution in [0.4, 0.5) is 5.69 Å². The molecule has 1 aliphatic rings. The Labute approximate surface area is 175 Å². The summed E-state index contributed by atoms with van der Waals surface area (Å²) in [5.74, 6) is 0.663.